The van der Waals surface area contributed by atoms with Gasteiger partial charge in [0.15, 0.2) is 6.10 Å². The molecule has 3 aromatic rings. The van der Waals surface area contributed by atoms with E-state index >= 15 is 0 Å². The van der Waals surface area contributed by atoms with E-state index in [-0.39, 0.29) is 17.6 Å². The van der Waals surface area contributed by atoms with Crippen molar-refractivity contribution in [1.82, 2.24) is 19.6 Å². The molecule has 0 radical (unpaired) electrons. The van der Waals surface area contributed by atoms with E-state index < -0.39 is 11.7 Å². The van der Waals surface area contributed by atoms with Crippen LogP contribution in [0.2, 0.25) is 0 Å². The summed E-state index contributed by atoms with van der Waals surface area (Å²) in [5.41, 5.74) is 0.0163. The Hall–Kier alpha value is -3.46. The number of anilines is 1. The molecule has 0 bridgehead atoms. The molecule has 2 amide bonds. The van der Waals surface area contributed by atoms with Crippen molar-refractivity contribution in [2.75, 3.05) is 18.4 Å². The Morgan fingerprint density at radius 2 is 1.90 bits per heavy atom. The lowest BCUT2D eigenvalue weighted by Gasteiger charge is -2.45. The number of hydrogen-bond donors (Lipinski definition) is 1. The highest BCUT2D eigenvalue weighted by Crippen LogP contribution is 2.40. The first-order chi connectivity index (χ1) is 14.6. The summed E-state index contributed by atoms with van der Waals surface area (Å²) in [5, 5.41) is 6.52. The van der Waals surface area contributed by atoms with Crippen molar-refractivity contribution in [3.05, 3.63) is 66.6 Å². The molecule has 0 aliphatic carbocycles. The fraction of sp³-hybridized carbons (Fsp3) is 0.333. The van der Waals surface area contributed by atoms with Crippen molar-refractivity contribution in [2.24, 2.45) is 0 Å². The van der Waals surface area contributed by atoms with Crippen molar-refractivity contribution in [3.8, 4) is 0 Å². The second kappa shape index (κ2) is 7.42. The van der Waals surface area contributed by atoms with Crippen LogP contribution in [-0.4, -0.2) is 50.6 Å². The number of nitrogens with zero attached hydrogens (tertiary/aromatic N) is 4. The Labute approximate surface area is 172 Å². The molecule has 9 heteroatoms. The summed E-state index contributed by atoms with van der Waals surface area (Å²) < 4.78 is 13.4. The molecule has 0 unspecified atom stereocenters. The number of hydrogen-bond acceptors (Lipinski definition) is 6. The van der Waals surface area contributed by atoms with Crippen LogP contribution in [0.3, 0.4) is 0 Å². The number of imidazole rings is 1. The smallest absolute Gasteiger partial charge is 0.292 e. The maximum Gasteiger partial charge on any atom is 0.292 e. The Kier molecular flexibility index (Phi) is 4.59. The summed E-state index contributed by atoms with van der Waals surface area (Å²) in [4.78, 5) is 31.7. The molecule has 1 N–H and O–H groups in total. The third-order valence-corrected chi connectivity index (χ3v) is 5.69. The van der Waals surface area contributed by atoms with Crippen LogP contribution in [0.4, 0.5) is 5.69 Å². The molecule has 1 fully saturated rings. The largest absolute Gasteiger partial charge is 0.352 e. The van der Waals surface area contributed by atoms with Crippen LogP contribution in [0.15, 0.2) is 59.5 Å². The molecule has 2 aromatic heterocycles. The maximum absolute atomic E-state index is 12.9. The second-order valence-corrected chi connectivity index (χ2v) is 7.53. The highest BCUT2D eigenvalue weighted by molar-refractivity contribution is 5.94. The van der Waals surface area contributed by atoms with Crippen LogP contribution in [0.25, 0.3) is 0 Å². The number of para-hydroxylation sites is 1. The molecule has 1 atom stereocenters. The second-order valence-electron chi connectivity index (χ2n) is 7.53. The molecule has 2 aliphatic rings. The number of carbonyl (C=O) groups excluding carboxylic acids is 2. The predicted molar refractivity (Wildman–Crippen MR) is 105 cm³/mol. The van der Waals surface area contributed by atoms with E-state index in [4.69, 9.17) is 9.26 Å². The van der Waals surface area contributed by atoms with Crippen LogP contribution in [-0.2, 0) is 21.7 Å². The van der Waals surface area contributed by atoms with Crippen molar-refractivity contribution >= 4 is 17.5 Å². The molecule has 1 spiro atoms. The fourth-order valence-electron chi connectivity index (χ4n) is 4.17. The Morgan fingerprint density at radius 1 is 1.10 bits per heavy atom. The van der Waals surface area contributed by atoms with E-state index in [2.05, 4.69) is 15.5 Å². The highest BCUT2D eigenvalue weighted by Gasteiger charge is 2.47. The maximum atomic E-state index is 12.9. The van der Waals surface area contributed by atoms with E-state index in [0.717, 1.165) is 11.5 Å². The van der Waals surface area contributed by atoms with Crippen LogP contribution in [0.1, 0.15) is 29.2 Å². The van der Waals surface area contributed by atoms with Gasteiger partial charge in [-0.25, -0.2) is 4.98 Å². The number of benzene rings is 1. The lowest BCUT2D eigenvalue weighted by atomic mass is 9.88. The number of likely N-dealkylation sites (tertiary alicyclic amines) is 1. The van der Waals surface area contributed by atoms with Gasteiger partial charge in [-0.2, -0.15) is 0 Å². The van der Waals surface area contributed by atoms with Crippen molar-refractivity contribution in [1.29, 1.82) is 0 Å². The minimum atomic E-state index is -0.710. The molecule has 9 nitrogen and oxygen atoms in total. The Morgan fingerprint density at radius 3 is 2.63 bits per heavy atom. The zero-order chi connectivity index (χ0) is 20.6. The molecular weight excluding hydrogens is 386 g/mol. The molecule has 1 aromatic carbocycles. The van der Waals surface area contributed by atoms with Gasteiger partial charge in [0.2, 0.25) is 5.76 Å². The number of amides is 2. The first-order valence-corrected chi connectivity index (χ1v) is 9.90. The van der Waals surface area contributed by atoms with Gasteiger partial charge < -0.3 is 24.0 Å². The number of fused-ring (bicyclic) bond motifs is 2. The summed E-state index contributed by atoms with van der Waals surface area (Å²) in [6.07, 6.45) is 5.48. The Bertz CT molecular complexity index is 1040. The topological polar surface area (TPSA) is 102 Å². The van der Waals surface area contributed by atoms with Gasteiger partial charge in [0.05, 0.1) is 12.7 Å². The van der Waals surface area contributed by atoms with Crippen LogP contribution in [0, 0.1) is 0 Å². The molecule has 0 saturated carbocycles. The first kappa shape index (κ1) is 18.6. The third-order valence-electron chi connectivity index (χ3n) is 5.69. The van der Waals surface area contributed by atoms with E-state index in [9.17, 15) is 9.59 Å². The standard InChI is InChI=1S/C21H21N5O4/c27-18(24-15-4-2-1-3-5-15)17-14-26-13-10-22-20(26)21(29-17)7-11-25(12-8-21)19(28)16-6-9-23-30-16/h1-6,9-10,13,17H,7-8,11-12,14H2,(H,24,27)/t17-/m0/s1. The summed E-state index contributed by atoms with van der Waals surface area (Å²) in [6, 6.07) is 10.9. The third kappa shape index (κ3) is 3.26. The van der Waals surface area contributed by atoms with E-state index in [1.807, 2.05) is 41.1 Å². The van der Waals surface area contributed by atoms with Gasteiger partial charge >= 0.3 is 0 Å². The summed E-state index contributed by atoms with van der Waals surface area (Å²) in [5.74, 6) is 0.634. The molecule has 2 aliphatic heterocycles. The fourth-order valence-corrected chi connectivity index (χ4v) is 4.17. The lowest BCUT2D eigenvalue weighted by molar-refractivity contribution is -0.168. The van der Waals surface area contributed by atoms with Gasteiger partial charge in [0.1, 0.15) is 11.4 Å². The molecule has 4 heterocycles. The molecule has 154 valence electrons. The zero-order valence-corrected chi connectivity index (χ0v) is 16.2. The average molecular weight is 407 g/mol. The quantitative estimate of drug-likeness (QED) is 0.713. The van der Waals surface area contributed by atoms with Crippen molar-refractivity contribution < 1.29 is 18.8 Å². The van der Waals surface area contributed by atoms with Gasteiger partial charge in [-0.05, 0) is 12.1 Å². The number of piperidine rings is 1. The number of aromatic nitrogens is 3. The monoisotopic (exact) mass is 407 g/mol. The molecular formula is C21H21N5O4. The van der Waals surface area contributed by atoms with Crippen LogP contribution >= 0.6 is 0 Å². The van der Waals surface area contributed by atoms with Gasteiger partial charge in [-0.1, -0.05) is 23.4 Å². The number of ether oxygens (including phenoxy) is 1. The van der Waals surface area contributed by atoms with E-state index in [1.54, 1.807) is 17.2 Å². The number of carbonyl (C=O) groups is 2. The van der Waals surface area contributed by atoms with Crippen molar-refractivity contribution in [2.45, 2.75) is 31.1 Å². The van der Waals surface area contributed by atoms with Gasteiger partial charge in [0.25, 0.3) is 11.8 Å². The molecule has 1 saturated heterocycles. The van der Waals surface area contributed by atoms with E-state index in [1.165, 1.54) is 6.20 Å². The Balaban J connectivity index is 1.33. The minimum Gasteiger partial charge on any atom is -0.352 e. The zero-order valence-electron chi connectivity index (χ0n) is 16.2. The van der Waals surface area contributed by atoms with Crippen LogP contribution in [0.5, 0.6) is 0 Å². The lowest BCUT2D eigenvalue weighted by Crippen LogP contribution is -2.54. The number of rotatable bonds is 3. The molecule has 5 rings (SSSR count). The SMILES string of the molecule is O=C(Nc1ccccc1)[C@@H]1Cn2ccnc2C2(CCN(C(=O)c3ccno3)CC2)O1. The van der Waals surface area contributed by atoms with Crippen LogP contribution < -0.4 is 5.32 Å². The predicted octanol–water partition coefficient (Wildman–Crippen LogP) is 2.04. The minimum absolute atomic E-state index is 0.194. The van der Waals surface area contributed by atoms with Gasteiger partial charge in [-0.15, -0.1) is 0 Å². The average Bonchev–Trinajstić information content (AvgIpc) is 3.47. The summed E-state index contributed by atoms with van der Waals surface area (Å²) in [6.45, 7) is 1.34. The summed E-state index contributed by atoms with van der Waals surface area (Å²) in [7, 11) is 0. The normalized spacial score (nSPS) is 20.0. The van der Waals surface area contributed by atoms with Gasteiger partial charge in [0, 0.05) is 50.1 Å². The van der Waals surface area contributed by atoms with Crippen molar-refractivity contribution in [3.63, 3.8) is 0 Å². The van der Waals surface area contributed by atoms with Gasteiger partial charge in [-0.3, -0.25) is 9.59 Å². The van der Waals surface area contributed by atoms with E-state index in [0.29, 0.717) is 32.5 Å². The first-order valence-electron chi connectivity index (χ1n) is 9.90. The summed E-state index contributed by atoms with van der Waals surface area (Å²) >= 11 is 0. The molecule has 30 heavy (non-hydrogen) atoms. The highest BCUT2D eigenvalue weighted by atomic mass is 16.5. The number of nitrogens with one attached hydrogen (secondary N) is 1.